The van der Waals surface area contributed by atoms with Crippen molar-refractivity contribution < 1.29 is 39.8 Å². The van der Waals surface area contributed by atoms with Crippen LogP contribution >= 0.6 is 0 Å². The molecule has 0 spiro atoms. The minimum atomic E-state index is -1.92. The van der Waals surface area contributed by atoms with E-state index in [1.807, 2.05) is 0 Å². The third kappa shape index (κ3) is 7.80. The highest BCUT2D eigenvalue weighted by Crippen LogP contribution is 2.24. The number of hydrogen-bond donors (Lipinski definition) is 8. The molecule has 31 heavy (non-hydrogen) atoms. The number of amides is 1. The number of aromatic carboxylic acids is 1. The summed E-state index contributed by atoms with van der Waals surface area (Å²) in [7, 11) is -1.92. The molecule has 0 aromatic heterocycles. The average Bonchev–Trinajstić information content (AvgIpc) is 2.69. The fourth-order valence-electron chi connectivity index (χ4n) is 2.64. The van der Waals surface area contributed by atoms with Crippen molar-refractivity contribution in [2.75, 3.05) is 0 Å². The van der Waals surface area contributed by atoms with Gasteiger partial charge in [0, 0.05) is 5.56 Å². The second-order valence-electron chi connectivity index (χ2n) is 6.30. The topological polar surface area (TPSA) is 214 Å². The molecule has 0 aliphatic rings. The molecular weight excluding hydrogens is 409 g/mol. The normalized spacial score (nSPS) is 10.8. The van der Waals surface area contributed by atoms with Gasteiger partial charge in [-0.05, 0) is 23.6 Å². The molecule has 0 bridgehead atoms. The average molecular weight is 431 g/mol. The smallest absolute Gasteiger partial charge is 0.475 e. The highest BCUT2D eigenvalue weighted by molar-refractivity contribution is 6.43. The number of para-hydroxylation sites is 1. The lowest BCUT2D eigenvalue weighted by molar-refractivity contribution is -0.123. The molecule has 2 aromatic carbocycles. The molecule has 1 amide bonds. The van der Waals surface area contributed by atoms with Crippen LogP contribution in [-0.2, 0) is 22.4 Å². The van der Waals surface area contributed by atoms with Gasteiger partial charge in [-0.3, -0.25) is 15.0 Å². The van der Waals surface area contributed by atoms with Gasteiger partial charge in [-0.15, -0.1) is 0 Å². The number of carbonyl (C=O) groups excluding carboxylic acids is 1. The zero-order valence-electron chi connectivity index (χ0n) is 16.2. The van der Waals surface area contributed by atoms with Crippen LogP contribution in [0.5, 0.6) is 5.75 Å². The standard InChI is InChI=1S/C18H20BN3O6.CH2O2/c20-17(21)11-6-4-10(5-7-11)8-15(23)22-14(19(27)28)9-12-2-1-3-13(16(12)24)18(25)26;2-1-3/h1-7,14,24,27-28H,8-9H2,(H3,20,21)(H,22,23)(H,25,26);1H,(H,2,3)/t14-;/m0./s1. The van der Waals surface area contributed by atoms with Crippen LogP contribution in [-0.4, -0.2) is 62.6 Å². The first kappa shape index (κ1) is 25.1. The van der Waals surface area contributed by atoms with Gasteiger partial charge >= 0.3 is 13.1 Å². The zero-order chi connectivity index (χ0) is 23.6. The Labute approximate surface area is 177 Å². The second kappa shape index (κ2) is 12.0. The van der Waals surface area contributed by atoms with Crippen LogP contribution < -0.4 is 11.1 Å². The molecule has 164 valence electrons. The van der Waals surface area contributed by atoms with Crippen LogP contribution in [0, 0.1) is 5.41 Å². The second-order valence-corrected chi connectivity index (χ2v) is 6.30. The largest absolute Gasteiger partial charge is 0.507 e. The van der Waals surface area contributed by atoms with E-state index in [1.165, 1.54) is 18.2 Å². The Kier molecular flexibility index (Phi) is 9.69. The molecule has 9 N–H and O–H groups in total. The molecule has 12 heteroatoms. The molecule has 0 aliphatic heterocycles. The van der Waals surface area contributed by atoms with Crippen LogP contribution in [0.2, 0.25) is 0 Å². The summed E-state index contributed by atoms with van der Waals surface area (Å²) in [5.74, 6) is -3.56. The van der Waals surface area contributed by atoms with Crippen LogP contribution in [0.25, 0.3) is 0 Å². The monoisotopic (exact) mass is 431 g/mol. The lowest BCUT2D eigenvalue weighted by Crippen LogP contribution is -2.48. The number of carboxylic acids is 1. The number of nitrogens with one attached hydrogen (secondary N) is 2. The Morgan fingerprint density at radius 1 is 1.16 bits per heavy atom. The Balaban J connectivity index is 0.00000151. The molecule has 2 aromatic rings. The van der Waals surface area contributed by atoms with Crippen molar-refractivity contribution in [3.05, 3.63) is 64.7 Å². The number of nitrogens with two attached hydrogens (primary N) is 1. The number of nitrogen functional groups attached to an aromatic ring is 1. The number of amidine groups is 1. The van der Waals surface area contributed by atoms with Crippen molar-refractivity contribution in [2.24, 2.45) is 5.73 Å². The van der Waals surface area contributed by atoms with E-state index in [0.29, 0.717) is 11.1 Å². The number of carbonyl (C=O) groups is 3. The van der Waals surface area contributed by atoms with Gasteiger partial charge in [-0.2, -0.15) is 0 Å². The van der Waals surface area contributed by atoms with Crippen LogP contribution in [0.15, 0.2) is 42.5 Å². The predicted octanol–water partition coefficient (Wildman–Crippen LogP) is -0.643. The van der Waals surface area contributed by atoms with Crippen LogP contribution in [0.3, 0.4) is 0 Å². The van der Waals surface area contributed by atoms with Gasteiger partial charge in [-0.1, -0.05) is 36.4 Å². The maximum absolute atomic E-state index is 12.2. The van der Waals surface area contributed by atoms with Gasteiger partial charge in [0.1, 0.15) is 17.1 Å². The van der Waals surface area contributed by atoms with E-state index in [2.05, 4.69) is 5.32 Å². The summed E-state index contributed by atoms with van der Waals surface area (Å²) < 4.78 is 0. The summed E-state index contributed by atoms with van der Waals surface area (Å²) in [6.45, 7) is -0.250. The van der Waals surface area contributed by atoms with E-state index in [-0.39, 0.29) is 36.3 Å². The van der Waals surface area contributed by atoms with E-state index in [9.17, 15) is 24.7 Å². The third-order valence-corrected chi connectivity index (χ3v) is 4.13. The first-order chi connectivity index (χ1) is 14.6. The Morgan fingerprint density at radius 2 is 1.74 bits per heavy atom. The number of hydrogen-bond acceptors (Lipinski definition) is 7. The lowest BCUT2D eigenvalue weighted by atomic mass is 9.75. The SMILES string of the molecule is N=C(N)c1ccc(CC(=O)N[C@@H](Cc2cccc(C(=O)O)c2O)B(O)O)cc1.O=CO. The fraction of sp³-hybridized carbons (Fsp3) is 0.158. The molecule has 0 radical (unpaired) electrons. The summed E-state index contributed by atoms with van der Waals surface area (Å²) >= 11 is 0. The van der Waals surface area contributed by atoms with Crippen LogP contribution in [0.1, 0.15) is 27.0 Å². The minimum Gasteiger partial charge on any atom is -0.507 e. The Morgan fingerprint density at radius 3 is 2.23 bits per heavy atom. The Hall–Kier alpha value is -3.90. The summed E-state index contributed by atoms with van der Waals surface area (Å²) in [5, 5.41) is 54.9. The molecule has 0 fully saturated rings. The van der Waals surface area contributed by atoms with E-state index in [0.717, 1.165) is 0 Å². The molecule has 0 saturated heterocycles. The summed E-state index contributed by atoms with van der Waals surface area (Å²) in [6.07, 6.45) is -0.234. The van der Waals surface area contributed by atoms with Crippen molar-refractivity contribution >= 4 is 31.3 Å². The van der Waals surface area contributed by atoms with Gasteiger partial charge in [-0.25, -0.2) is 4.79 Å². The van der Waals surface area contributed by atoms with Crippen molar-refractivity contribution in [2.45, 2.75) is 18.8 Å². The van der Waals surface area contributed by atoms with E-state index >= 15 is 0 Å². The van der Waals surface area contributed by atoms with Gasteiger partial charge in [0.15, 0.2) is 0 Å². The highest BCUT2D eigenvalue weighted by Gasteiger charge is 2.27. The van der Waals surface area contributed by atoms with Crippen molar-refractivity contribution in [1.29, 1.82) is 5.41 Å². The third-order valence-electron chi connectivity index (χ3n) is 4.13. The minimum absolute atomic E-state index is 0.0530. The van der Waals surface area contributed by atoms with E-state index in [1.54, 1.807) is 24.3 Å². The van der Waals surface area contributed by atoms with Crippen LogP contribution in [0.4, 0.5) is 0 Å². The van der Waals surface area contributed by atoms with E-state index < -0.39 is 30.7 Å². The number of benzene rings is 2. The number of rotatable bonds is 8. The van der Waals surface area contributed by atoms with Crippen molar-refractivity contribution in [3.63, 3.8) is 0 Å². The molecule has 0 heterocycles. The summed E-state index contributed by atoms with van der Waals surface area (Å²) in [5.41, 5.74) is 6.35. The predicted molar refractivity (Wildman–Crippen MR) is 111 cm³/mol. The van der Waals surface area contributed by atoms with Gasteiger partial charge < -0.3 is 36.4 Å². The van der Waals surface area contributed by atoms with Gasteiger partial charge in [0.05, 0.1) is 12.4 Å². The number of phenols is 1. The molecule has 0 unspecified atom stereocenters. The fourth-order valence-corrected chi connectivity index (χ4v) is 2.64. The maximum atomic E-state index is 12.2. The molecule has 2 rings (SSSR count). The first-order valence-corrected chi connectivity index (χ1v) is 8.81. The van der Waals surface area contributed by atoms with Crippen molar-refractivity contribution in [3.8, 4) is 5.75 Å². The zero-order valence-corrected chi connectivity index (χ0v) is 16.2. The molecule has 0 aliphatic carbocycles. The molecular formula is C19H22BN3O8. The van der Waals surface area contributed by atoms with E-state index in [4.69, 9.17) is 26.2 Å². The van der Waals surface area contributed by atoms with Crippen molar-refractivity contribution in [1.82, 2.24) is 5.32 Å². The quantitative estimate of drug-likeness (QED) is 0.115. The molecule has 0 saturated carbocycles. The maximum Gasteiger partial charge on any atom is 0.475 e. The molecule has 11 nitrogen and oxygen atoms in total. The molecule has 1 atom stereocenters. The highest BCUT2D eigenvalue weighted by atomic mass is 16.4. The number of aromatic hydroxyl groups is 1. The number of carboxylic acid groups (broad SMARTS) is 2. The Bertz CT molecular complexity index is 934. The summed E-state index contributed by atoms with van der Waals surface area (Å²) in [4.78, 5) is 31.7. The summed E-state index contributed by atoms with van der Waals surface area (Å²) in [6, 6.07) is 10.5. The first-order valence-electron chi connectivity index (χ1n) is 8.81. The van der Waals surface area contributed by atoms with Gasteiger partial charge in [0.25, 0.3) is 6.47 Å². The lowest BCUT2D eigenvalue weighted by Gasteiger charge is -2.19. The van der Waals surface area contributed by atoms with Gasteiger partial charge in [0.2, 0.25) is 5.91 Å².